The van der Waals surface area contributed by atoms with Crippen LogP contribution in [0, 0.1) is 6.92 Å². The second-order valence-electron chi connectivity index (χ2n) is 4.72. The van der Waals surface area contributed by atoms with E-state index >= 15 is 0 Å². The zero-order valence-corrected chi connectivity index (χ0v) is 14.2. The lowest BCUT2D eigenvalue weighted by Gasteiger charge is -2.16. The number of aromatic nitrogens is 3. The molecular weight excluding hydrogens is 324 g/mol. The largest absolute Gasteiger partial charge is 0.295 e. The lowest BCUT2D eigenvalue weighted by atomic mass is 10.3. The van der Waals surface area contributed by atoms with Gasteiger partial charge in [-0.25, -0.2) is 4.98 Å². The Kier molecular flexibility index (Phi) is 4.76. The van der Waals surface area contributed by atoms with Crippen LogP contribution >= 0.6 is 27.3 Å². The highest BCUT2D eigenvalue weighted by Gasteiger charge is 2.15. The van der Waals surface area contributed by atoms with Crippen LogP contribution < -0.4 is 0 Å². The van der Waals surface area contributed by atoms with Crippen molar-refractivity contribution in [2.75, 3.05) is 7.05 Å². The summed E-state index contributed by atoms with van der Waals surface area (Å²) in [5.74, 6) is 0. The predicted octanol–water partition coefficient (Wildman–Crippen LogP) is 3.14. The van der Waals surface area contributed by atoms with Crippen molar-refractivity contribution in [3.05, 3.63) is 31.9 Å². The molecule has 0 aromatic carbocycles. The Hall–Kier alpha value is -0.720. The molecule has 4 nitrogen and oxygen atoms in total. The molecule has 0 radical (unpaired) electrons. The van der Waals surface area contributed by atoms with Crippen LogP contribution in [0.3, 0.4) is 0 Å². The van der Waals surface area contributed by atoms with Gasteiger partial charge in [-0.1, -0.05) is 6.92 Å². The van der Waals surface area contributed by atoms with Crippen LogP contribution in [0.2, 0.25) is 0 Å². The van der Waals surface area contributed by atoms with Crippen LogP contribution in [-0.4, -0.2) is 26.7 Å². The van der Waals surface area contributed by atoms with Gasteiger partial charge < -0.3 is 0 Å². The molecule has 6 heteroatoms. The summed E-state index contributed by atoms with van der Waals surface area (Å²) in [6, 6.07) is 0. The van der Waals surface area contributed by atoms with E-state index in [1.165, 1.54) is 10.6 Å². The second kappa shape index (κ2) is 6.15. The van der Waals surface area contributed by atoms with Gasteiger partial charge in [-0.3, -0.25) is 9.58 Å². The molecule has 0 N–H and O–H groups in total. The summed E-state index contributed by atoms with van der Waals surface area (Å²) in [6.45, 7) is 5.99. The molecule has 2 rings (SSSR count). The lowest BCUT2D eigenvalue weighted by molar-refractivity contribution is 0.311. The van der Waals surface area contributed by atoms with Gasteiger partial charge in [0.05, 0.1) is 27.1 Å². The van der Waals surface area contributed by atoms with Gasteiger partial charge in [0.25, 0.3) is 0 Å². The van der Waals surface area contributed by atoms with Crippen molar-refractivity contribution in [2.45, 2.75) is 33.4 Å². The van der Waals surface area contributed by atoms with Crippen molar-refractivity contribution < 1.29 is 0 Å². The van der Waals surface area contributed by atoms with Gasteiger partial charge in [0.1, 0.15) is 0 Å². The molecule has 0 fully saturated rings. The van der Waals surface area contributed by atoms with Gasteiger partial charge in [0, 0.05) is 25.0 Å². The minimum atomic E-state index is 0.876. The molecule has 0 amide bonds. The van der Waals surface area contributed by atoms with Crippen LogP contribution in [0.5, 0.6) is 0 Å². The Morgan fingerprint density at radius 1 is 1.42 bits per heavy atom. The summed E-state index contributed by atoms with van der Waals surface area (Å²) in [4.78, 5) is 7.92. The molecule has 0 bridgehead atoms. The van der Waals surface area contributed by atoms with Crippen molar-refractivity contribution in [1.82, 2.24) is 19.7 Å². The lowest BCUT2D eigenvalue weighted by Crippen LogP contribution is -2.19. The van der Waals surface area contributed by atoms with Gasteiger partial charge in [-0.15, -0.1) is 11.3 Å². The average molecular weight is 343 g/mol. The average Bonchev–Trinajstić information content (AvgIpc) is 2.88. The van der Waals surface area contributed by atoms with E-state index in [-0.39, 0.29) is 0 Å². The highest BCUT2D eigenvalue weighted by Crippen LogP contribution is 2.23. The van der Waals surface area contributed by atoms with Crippen molar-refractivity contribution in [2.24, 2.45) is 7.05 Å². The zero-order valence-electron chi connectivity index (χ0n) is 11.8. The first kappa shape index (κ1) is 14.7. The number of halogens is 1. The predicted molar refractivity (Wildman–Crippen MR) is 82.3 cm³/mol. The van der Waals surface area contributed by atoms with E-state index in [4.69, 9.17) is 0 Å². The Labute approximate surface area is 126 Å². The number of hydrogen-bond acceptors (Lipinski definition) is 4. The van der Waals surface area contributed by atoms with E-state index < -0.39 is 0 Å². The molecule has 2 heterocycles. The van der Waals surface area contributed by atoms with E-state index in [1.807, 2.05) is 17.2 Å². The molecule has 2 aromatic rings. The minimum absolute atomic E-state index is 0.876. The molecule has 0 saturated heterocycles. The van der Waals surface area contributed by atoms with E-state index in [1.54, 1.807) is 11.3 Å². The number of nitrogens with zero attached hydrogens (tertiary/aromatic N) is 4. The highest BCUT2D eigenvalue weighted by molar-refractivity contribution is 9.10. The Balaban J connectivity index is 2.09. The van der Waals surface area contributed by atoms with Gasteiger partial charge in [0.2, 0.25) is 0 Å². The molecule has 0 unspecified atom stereocenters. The minimum Gasteiger partial charge on any atom is -0.295 e. The van der Waals surface area contributed by atoms with Crippen molar-refractivity contribution >= 4 is 27.3 Å². The second-order valence-corrected chi connectivity index (χ2v) is 6.45. The summed E-state index contributed by atoms with van der Waals surface area (Å²) in [5.41, 5.74) is 5.39. The smallest absolute Gasteiger partial charge is 0.0798 e. The maximum absolute atomic E-state index is 4.53. The summed E-state index contributed by atoms with van der Waals surface area (Å²) in [6.07, 6.45) is 0.950. The summed E-state index contributed by atoms with van der Waals surface area (Å²) < 4.78 is 3.12. The summed E-state index contributed by atoms with van der Waals surface area (Å²) in [5, 5.41) is 4.53. The Morgan fingerprint density at radius 2 is 2.16 bits per heavy atom. The third-order valence-electron chi connectivity index (χ3n) is 3.18. The fourth-order valence-corrected chi connectivity index (χ4v) is 3.62. The fraction of sp³-hybridized carbons (Fsp3) is 0.538. The normalized spacial score (nSPS) is 11.5. The molecule has 0 saturated carbocycles. The van der Waals surface area contributed by atoms with Gasteiger partial charge >= 0.3 is 0 Å². The molecule has 0 spiro atoms. The standard InChI is InChI=1S/C13H19BrN4S/c1-5-10-13(14)11(18(4)16-10)6-17(3)7-12-9(2)15-8-19-12/h8H,5-7H2,1-4H3. The Bertz CT molecular complexity index is 561. The summed E-state index contributed by atoms with van der Waals surface area (Å²) in [7, 11) is 4.13. The molecule has 104 valence electrons. The number of hydrogen-bond donors (Lipinski definition) is 0. The van der Waals surface area contributed by atoms with E-state index in [0.717, 1.165) is 35.4 Å². The molecular formula is C13H19BrN4S. The third kappa shape index (κ3) is 3.24. The van der Waals surface area contributed by atoms with Gasteiger partial charge in [-0.05, 0) is 36.3 Å². The number of thiazole rings is 1. The third-order valence-corrected chi connectivity index (χ3v) is 5.02. The van der Waals surface area contributed by atoms with Crippen LogP contribution in [0.1, 0.15) is 28.9 Å². The quantitative estimate of drug-likeness (QED) is 0.836. The first-order valence-corrected chi connectivity index (χ1v) is 7.98. The monoisotopic (exact) mass is 342 g/mol. The highest BCUT2D eigenvalue weighted by atomic mass is 79.9. The molecule has 0 aliphatic carbocycles. The molecule has 0 aliphatic heterocycles. The fourth-order valence-electron chi connectivity index (χ4n) is 2.03. The SMILES string of the molecule is CCc1nn(C)c(CN(C)Cc2scnc2C)c1Br. The molecule has 0 aliphatic rings. The van der Waals surface area contributed by atoms with Crippen molar-refractivity contribution in [3.63, 3.8) is 0 Å². The Morgan fingerprint density at radius 3 is 2.68 bits per heavy atom. The van der Waals surface area contributed by atoms with Crippen LogP contribution in [0.25, 0.3) is 0 Å². The van der Waals surface area contributed by atoms with Crippen LogP contribution in [0.15, 0.2) is 9.98 Å². The van der Waals surface area contributed by atoms with E-state index in [0.29, 0.717) is 0 Å². The van der Waals surface area contributed by atoms with E-state index in [9.17, 15) is 0 Å². The maximum Gasteiger partial charge on any atom is 0.0798 e. The van der Waals surface area contributed by atoms with Crippen LogP contribution in [-0.2, 0) is 26.6 Å². The van der Waals surface area contributed by atoms with Crippen molar-refractivity contribution in [3.8, 4) is 0 Å². The van der Waals surface area contributed by atoms with Crippen LogP contribution in [0.4, 0.5) is 0 Å². The first-order valence-electron chi connectivity index (χ1n) is 6.30. The topological polar surface area (TPSA) is 34.0 Å². The maximum atomic E-state index is 4.53. The van der Waals surface area contributed by atoms with Gasteiger partial charge in [0.15, 0.2) is 0 Å². The summed E-state index contributed by atoms with van der Waals surface area (Å²) >= 11 is 5.38. The van der Waals surface area contributed by atoms with Gasteiger partial charge in [-0.2, -0.15) is 5.10 Å². The molecule has 19 heavy (non-hydrogen) atoms. The molecule has 2 aromatic heterocycles. The number of rotatable bonds is 5. The van der Waals surface area contributed by atoms with E-state index in [2.05, 4.69) is 51.8 Å². The number of aryl methyl sites for hydroxylation is 3. The molecule has 0 atom stereocenters. The first-order chi connectivity index (χ1) is 9.02. The zero-order chi connectivity index (χ0) is 14.0. The van der Waals surface area contributed by atoms with Crippen molar-refractivity contribution in [1.29, 1.82) is 0 Å².